The minimum Gasteiger partial charge on any atom is -0.325 e. The van der Waals surface area contributed by atoms with E-state index in [9.17, 15) is 26.4 Å². The van der Waals surface area contributed by atoms with Crippen molar-refractivity contribution in [2.75, 3.05) is 11.9 Å². The summed E-state index contributed by atoms with van der Waals surface area (Å²) in [6, 6.07) is 15.1. The maximum atomic E-state index is 12.9. The van der Waals surface area contributed by atoms with Gasteiger partial charge in [0.2, 0.25) is 15.9 Å². The zero-order valence-corrected chi connectivity index (χ0v) is 19.1. The lowest BCUT2D eigenvalue weighted by molar-refractivity contribution is -0.137. The number of halogens is 5. The van der Waals surface area contributed by atoms with Gasteiger partial charge in [-0.2, -0.15) is 13.2 Å². The second-order valence-corrected chi connectivity index (χ2v) is 9.58. The van der Waals surface area contributed by atoms with Crippen molar-refractivity contribution in [2.24, 2.45) is 0 Å². The molecule has 0 radical (unpaired) electrons. The average Bonchev–Trinajstić information content (AvgIpc) is 2.75. The molecule has 33 heavy (non-hydrogen) atoms. The molecule has 0 bridgehead atoms. The molecule has 0 aliphatic heterocycles. The Kier molecular flexibility index (Phi) is 7.69. The first kappa shape index (κ1) is 25.0. The highest BCUT2D eigenvalue weighted by molar-refractivity contribution is 7.89. The van der Waals surface area contributed by atoms with E-state index in [1.165, 1.54) is 0 Å². The molecule has 0 saturated heterocycles. The minimum atomic E-state index is -4.70. The number of hydrogen-bond donors (Lipinski definition) is 2. The molecule has 11 heteroatoms. The standard InChI is InChI=1S/C22H17Cl2F3N2O3S/c23-17-8-9-20(15(11-17)10-14-4-1-2-7-19(14)24)29-21(30)13-28-33(31,32)18-6-3-5-16(12-18)22(25,26)27/h1-9,11-12,28H,10,13H2,(H,29,30). The fourth-order valence-corrected chi connectivity index (χ4v) is 4.38. The van der Waals surface area contributed by atoms with Crippen molar-refractivity contribution in [2.45, 2.75) is 17.5 Å². The summed E-state index contributed by atoms with van der Waals surface area (Å²) in [5, 5.41) is 3.55. The van der Waals surface area contributed by atoms with E-state index < -0.39 is 39.1 Å². The summed E-state index contributed by atoms with van der Waals surface area (Å²) in [4.78, 5) is 11.8. The molecular formula is C22H17Cl2F3N2O3S. The molecule has 3 aromatic carbocycles. The summed E-state index contributed by atoms with van der Waals surface area (Å²) in [7, 11) is -4.35. The van der Waals surface area contributed by atoms with Crippen LogP contribution in [0, 0.1) is 0 Å². The van der Waals surface area contributed by atoms with Crippen LogP contribution in [0.25, 0.3) is 0 Å². The maximum Gasteiger partial charge on any atom is 0.416 e. The third-order valence-electron chi connectivity index (χ3n) is 4.57. The third kappa shape index (κ3) is 6.70. The summed E-state index contributed by atoms with van der Waals surface area (Å²) in [5.41, 5.74) is 0.717. The van der Waals surface area contributed by atoms with Crippen LogP contribution in [0.3, 0.4) is 0 Å². The molecule has 0 aromatic heterocycles. The molecule has 3 rings (SSSR count). The molecule has 5 nitrogen and oxygen atoms in total. The van der Waals surface area contributed by atoms with Crippen LogP contribution < -0.4 is 10.0 Å². The number of amides is 1. The summed E-state index contributed by atoms with van der Waals surface area (Å²) in [5.74, 6) is -0.715. The van der Waals surface area contributed by atoms with E-state index in [1.54, 1.807) is 30.3 Å². The monoisotopic (exact) mass is 516 g/mol. The SMILES string of the molecule is O=C(CNS(=O)(=O)c1cccc(C(F)(F)F)c1)Nc1ccc(Cl)cc1Cc1ccccc1Cl. The molecular weight excluding hydrogens is 500 g/mol. The van der Waals surface area contributed by atoms with Crippen LogP contribution in [0.15, 0.2) is 71.6 Å². The van der Waals surface area contributed by atoms with Gasteiger partial charge in [0.1, 0.15) is 0 Å². The van der Waals surface area contributed by atoms with Gasteiger partial charge < -0.3 is 5.32 Å². The number of benzene rings is 3. The Labute approximate surface area is 198 Å². The van der Waals surface area contributed by atoms with E-state index in [0.29, 0.717) is 33.8 Å². The molecule has 0 heterocycles. The number of carbonyl (C=O) groups excluding carboxylic acids is 1. The second kappa shape index (κ2) is 10.1. The van der Waals surface area contributed by atoms with Gasteiger partial charge in [-0.1, -0.05) is 47.5 Å². The van der Waals surface area contributed by atoms with Crippen LogP contribution in [-0.2, 0) is 27.4 Å². The number of hydrogen-bond acceptors (Lipinski definition) is 3. The van der Waals surface area contributed by atoms with Gasteiger partial charge in [0.05, 0.1) is 17.0 Å². The Morgan fingerprint density at radius 1 is 0.909 bits per heavy atom. The van der Waals surface area contributed by atoms with Gasteiger partial charge in [0, 0.05) is 22.2 Å². The Balaban J connectivity index is 1.72. The van der Waals surface area contributed by atoms with Crippen LogP contribution in [0.2, 0.25) is 10.0 Å². The van der Waals surface area contributed by atoms with Gasteiger partial charge in [-0.05, 0) is 53.6 Å². The Hall–Kier alpha value is -2.59. The van der Waals surface area contributed by atoms with Crippen molar-refractivity contribution in [3.05, 3.63) is 93.5 Å². The zero-order chi connectivity index (χ0) is 24.2. The molecule has 174 valence electrons. The zero-order valence-electron chi connectivity index (χ0n) is 16.8. The van der Waals surface area contributed by atoms with Gasteiger partial charge >= 0.3 is 6.18 Å². The maximum absolute atomic E-state index is 12.9. The lowest BCUT2D eigenvalue weighted by Crippen LogP contribution is -2.33. The van der Waals surface area contributed by atoms with E-state index in [-0.39, 0.29) is 0 Å². The predicted octanol–water partition coefficient (Wildman–Crippen LogP) is 5.52. The summed E-state index contributed by atoms with van der Waals surface area (Å²) in [6.07, 6.45) is -4.35. The van der Waals surface area contributed by atoms with Crippen molar-refractivity contribution in [1.82, 2.24) is 4.72 Å². The van der Waals surface area contributed by atoms with E-state index in [4.69, 9.17) is 23.2 Å². The fraction of sp³-hybridized carbons (Fsp3) is 0.136. The van der Waals surface area contributed by atoms with Gasteiger partial charge in [0.25, 0.3) is 0 Å². The van der Waals surface area contributed by atoms with Crippen molar-refractivity contribution in [1.29, 1.82) is 0 Å². The predicted molar refractivity (Wildman–Crippen MR) is 121 cm³/mol. The molecule has 3 aromatic rings. The van der Waals surface area contributed by atoms with Crippen molar-refractivity contribution in [3.8, 4) is 0 Å². The second-order valence-electron chi connectivity index (χ2n) is 6.97. The van der Waals surface area contributed by atoms with E-state index in [1.807, 2.05) is 16.9 Å². The number of nitrogens with one attached hydrogen (secondary N) is 2. The molecule has 0 aliphatic rings. The van der Waals surface area contributed by atoms with Crippen LogP contribution in [-0.4, -0.2) is 20.9 Å². The molecule has 0 unspecified atom stereocenters. The number of anilines is 1. The molecule has 0 saturated carbocycles. The summed E-state index contributed by atoms with van der Waals surface area (Å²) < 4.78 is 65.3. The largest absolute Gasteiger partial charge is 0.416 e. The summed E-state index contributed by atoms with van der Waals surface area (Å²) in [6.45, 7) is -0.688. The lowest BCUT2D eigenvalue weighted by atomic mass is 10.0. The normalized spacial score (nSPS) is 11.9. The van der Waals surface area contributed by atoms with Crippen LogP contribution in [0.4, 0.5) is 18.9 Å². The lowest BCUT2D eigenvalue weighted by Gasteiger charge is -2.14. The number of alkyl halides is 3. The molecule has 0 aliphatic carbocycles. The van der Waals surface area contributed by atoms with Crippen molar-refractivity contribution >= 4 is 44.8 Å². The van der Waals surface area contributed by atoms with Crippen molar-refractivity contribution < 1.29 is 26.4 Å². The number of rotatable bonds is 7. The topological polar surface area (TPSA) is 75.3 Å². The van der Waals surface area contributed by atoms with Crippen molar-refractivity contribution in [3.63, 3.8) is 0 Å². The van der Waals surface area contributed by atoms with Gasteiger partial charge in [-0.25, -0.2) is 13.1 Å². The highest BCUT2D eigenvalue weighted by atomic mass is 35.5. The molecule has 0 fully saturated rings. The third-order valence-corrected chi connectivity index (χ3v) is 6.58. The van der Waals surface area contributed by atoms with Crippen LogP contribution in [0.5, 0.6) is 0 Å². The van der Waals surface area contributed by atoms with Crippen LogP contribution in [0.1, 0.15) is 16.7 Å². The highest BCUT2D eigenvalue weighted by Crippen LogP contribution is 2.30. The Morgan fingerprint density at radius 2 is 1.64 bits per heavy atom. The Morgan fingerprint density at radius 3 is 2.33 bits per heavy atom. The van der Waals surface area contributed by atoms with Crippen LogP contribution >= 0.6 is 23.2 Å². The fourth-order valence-electron chi connectivity index (χ4n) is 2.96. The molecule has 0 atom stereocenters. The number of sulfonamides is 1. The first-order chi connectivity index (χ1) is 15.5. The smallest absolute Gasteiger partial charge is 0.325 e. The highest BCUT2D eigenvalue weighted by Gasteiger charge is 2.31. The first-order valence-electron chi connectivity index (χ1n) is 9.44. The molecule has 1 amide bonds. The average molecular weight is 517 g/mol. The quantitative estimate of drug-likeness (QED) is 0.434. The summed E-state index contributed by atoms with van der Waals surface area (Å²) >= 11 is 12.3. The van der Waals surface area contributed by atoms with E-state index >= 15 is 0 Å². The molecule has 2 N–H and O–H groups in total. The first-order valence-corrected chi connectivity index (χ1v) is 11.7. The number of carbonyl (C=O) groups is 1. The Bertz CT molecular complexity index is 1280. The van der Waals surface area contributed by atoms with Gasteiger partial charge in [-0.15, -0.1) is 0 Å². The molecule has 0 spiro atoms. The van der Waals surface area contributed by atoms with Gasteiger partial charge in [-0.3, -0.25) is 4.79 Å². The minimum absolute atomic E-state index is 0.353. The van der Waals surface area contributed by atoms with E-state index in [2.05, 4.69) is 5.32 Å². The van der Waals surface area contributed by atoms with Gasteiger partial charge in [0.15, 0.2) is 0 Å². The van der Waals surface area contributed by atoms with E-state index in [0.717, 1.165) is 23.8 Å².